The highest BCUT2D eigenvalue weighted by Crippen LogP contribution is 2.55. The SMILES string of the molecule is CCN(c1c(C)c(C(N)=O)cc(-c2ccc3c(c2)n(C)c(=O)n3C2C3CN(C)CC32)c1Cc1c(C)cc(C)[nH]c1=O)C1CCOCC1. The fourth-order valence-corrected chi connectivity index (χ4v) is 8.68. The van der Waals surface area contributed by atoms with Crippen LogP contribution in [0.3, 0.4) is 0 Å². The molecule has 4 heterocycles. The number of benzene rings is 2. The number of anilines is 1. The topological polar surface area (TPSA) is 119 Å². The summed E-state index contributed by atoms with van der Waals surface area (Å²) in [5.74, 6) is 0.524. The second kappa shape index (κ2) is 11.8. The predicted octanol–water partition coefficient (Wildman–Crippen LogP) is 4.05. The quantitative estimate of drug-likeness (QED) is 0.301. The maximum Gasteiger partial charge on any atom is 0.329 e. The van der Waals surface area contributed by atoms with E-state index in [0.29, 0.717) is 42.6 Å². The van der Waals surface area contributed by atoms with Gasteiger partial charge in [-0.25, -0.2) is 4.79 Å². The monoisotopic (exact) mass is 638 g/mol. The average Bonchev–Trinajstić information content (AvgIpc) is 3.40. The smallest absolute Gasteiger partial charge is 0.329 e. The fourth-order valence-electron chi connectivity index (χ4n) is 8.68. The largest absolute Gasteiger partial charge is 0.381 e. The van der Waals surface area contributed by atoms with E-state index in [2.05, 4.69) is 47.0 Å². The van der Waals surface area contributed by atoms with E-state index in [1.165, 1.54) is 0 Å². The molecule has 10 heteroatoms. The molecule has 7 rings (SSSR count). The number of rotatable bonds is 8. The van der Waals surface area contributed by atoms with Gasteiger partial charge in [-0.2, -0.15) is 0 Å². The molecule has 2 aliphatic heterocycles. The van der Waals surface area contributed by atoms with Crippen molar-refractivity contribution in [3.05, 3.63) is 84.7 Å². The van der Waals surface area contributed by atoms with Gasteiger partial charge in [0.2, 0.25) is 5.91 Å². The number of amides is 1. The minimum atomic E-state index is -0.492. The highest BCUT2D eigenvalue weighted by atomic mass is 16.5. The van der Waals surface area contributed by atoms with E-state index in [4.69, 9.17) is 10.5 Å². The van der Waals surface area contributed by atoms with Crippen LogP contribution in [0.2, 0.25) is 0 Å². The number of nitrogens with zero attached hydrogens (tertiary/aromatic N) is 4. The molecule has 1 saturated carbocycles. The summed E-state index contributed by atoms with van der Waals surface area (Å²) >= 11 is 0. The van der Waals surface area contributed by atoms with Crippen LogP contribution in [-0.4, -0.2) is 70.9 Å². The molecule has 3 aliphatic rings. The number of imidazole rings is 1. The van der Waals surface area contributed by atoms with Crippen molar-refractivity contribution in [2.24, 2.45) is 24.6 Å². The lowest BCUT2D eigenvalue weighted by Gasteiger charge is -2.38. The molecule has 1 aliphatic carbocycles. The van der Waals surface area contributed by atoms with Gasteiger partial charge in [0, 0.05) is 80.9 Å². The predicted molar refractivity (Wildman–Crippen MR) is 186 cm³/mol. The summed E-state index contributed by atoms with van der Waals surface area (Å²) in [6.45, 7) is 12.1. The number of ether oxygens (including phenoxy) is 1. The Morgan fingerprint density at radius 2 is 1.70 bits per heavy atom. The molecule has 2 aromatic carbocycles. The van der Waals surface area contributed by atoms with Gasteiger partial charge in [0.05, 0.1) is 11.0 Å². The number of aromatic amines is 1. The Morgan fingerprint density at radius 1 is 1.00 bits per heavy atom. The van der Waals surface area contributed by atoms with E-state index in [1.807, 2.05) is 44.5 Å². The summed E-state index contributed by atoms with van der Waals surface area (Å²) < 4.78 is 9.46. The van der Waals surface area contributed by atoms with Crippen LogP contribution >= 0.6 is 0 Å². The molecule has 0 bridgehead atoms. The molecule has 2 saturated heterocycles. The van der Waals surface area contributed by atoms with Crippen LogP contribution < -0.4 is 21.9 Å². The number of carbonyl (C=O) groups is 1. The number of nitrogens with one attached hydrogen (secondary N) is 1. The average molecular weight is 639 g/mol. The van der Waals surface area contributed by atoms with Crippen LogP contribution in [0.15, 0.2) is 39.9 Å². The van der Waals surface area contributed by atoms with Crippen molar-refractivity contribution < 1.29 is 9.53 Å². The number of aromatic nitrogens is 3. The maximum atomic E-state index is 13.7. The van der Waals surface area contributed by atoms with Crippen LogP contribution in [0.1, 0.15) is 64.1 Å². The van der Waals surface area contributed by atoms with Crippen molar-refractivity contribution in [2.45, 2.75) is 59.0 Å². The Labute approximate surface area is 275 Å². The molecule has 2 unspecified atom stereocenters. The lowest BCUT2D eigenvalue weighted by Crippen LogP contribution is -2.41. The lowest BCUT2D eigenvalue weighted by molar-refractivity contribution is 0.0845. The van der Waals surface area contributed by atoms with Gasteiger partial charge < -0.3 is 25.3 Å². The number of aryl methyl sites for hydroxylation is 3. The summed E-state index contributed by atoms with van der Waals surface area (Å²) in [4.78, 5) is 47.9. The number of hydrogen-bond acceptors (Lipinski definition) is 6. The van der Waals surface area contributed by atoms with Crippen molar-refractivity contribution in [1.29, 1.82) is 0 Å². The third-order valence-electron chi connectivity index (χ3n) is 11.1. The Morgan fingerprint density at radius 3 is 2.34 bits per heavy atom. The maximum absolute atomic E-state index is 13.7. The summed E-state index contributed by atoms with van der Waals surface area (Å²) in [7, 11) is 3.98. The standard InChI is InChI=1S/C37H46N6O4/c1-7-42(24-10-12-47-13-11-24)33-22(4)26(35(38)44)17-27(28(33)16-25-20(2)14-21(3)39-36(25)45)23-8-9-31-32(15-23)41(6)37(46)43(31)34-29-18-40(5)19-30(29)34/h8-9,14-15,17,24,29-30,34H,7,10-13,16,18-19H2,1-6H3,(H2,38,44)(H,39,45). The first kappa shape index (κ1) is 31.4. The second-order valence-corrected chi connectivity index (χ2v) is 14.0. The summed E-state index contributed by atoms with van der Waals surface area (Å²) in [6.07, 6.45) is 2.11. The third kappa shape index (κ3) is 5.22. The number of carbonyl (C=O) groups excluding carboxylic acids is 1. The van der Waals surface area contributed by atoms with Crippen LogP contribution in [0, 0.1) is 32.6 Å². The van der Waals surface area contributed by atoms with Crippen molar-refractivity contribution in [1.82, 2.24) is 19.0 Å². The fraction of sp³-hybridized carbons (Fsp3) is 0.486. The van der Waals surface area contributed by atoms with Crippen molar-refractivity contribution >= 4 is 22.6 Å². The molecule has 1 amide bonds. The first-order chi connectivity index (χ1) is 22.5. The highest BCUT2D eigenvalue weighted by Gasteiger charge is 2.57. The minimum Gasteiger partial charge on any atom is -0.381 e. The van der Waals surface area contributed by atoms with Gasteiger partial charge in [-0.1, -0.05) is 6.07 Å². The summed E-state index contributed by atoms with van der Waals surface area (Å²) in [6, 6.07) is 10.5. The number of primary amides is 1. The van der Waals surface area contributed by atoms with Crippen LogP contribution in [0.4, 0.5) is 5.69 Å². The Hall–Kier alpha value is -4.15. The van der Waals surface area contributed by atoms with Gasteiger partial charge in [0.15, 0.2) is 0 Å². The zero-order valence-corrected chi connectivity index (χ0v) is 28.4. The number of fused-ring (bicyclic) bond motifs is 2. The normalized spacial score (nSPS) is 21.4. The molecule has 3 N–H and O–H groups in total. The van der Waals surface area contributed by atoms with Crippen LogP contribution in [0.25, 0.3) is 22.2 Å². The molecule has 47 heavy (non-hydrogen) atoms. The molecular weight excluding hydrogens is 592 g/mol. The molecule has 0 radical (unpaired) electrons. The van der Waals surface area contributed by atoms with E-state index in [-0.39, 0.29) is 23.3 Å². The zero-order chi connectivity index (χ0) is 33.3. The molecular formula is C37H46N6O4. The molecule has 248 valence electrons. The molecule has 10 nitrogen and oxygen atoms in total. The number of piperidine rings is 1. The first-order valence-corrected chi connectivity index (χ1v) is 16.9. The van der Waals surface area contributed by atoms with E-state index in [0.717, 1.165) is 82.7 Å². The number of likely N-dealkylation sites (tertiary alicyclic amines) is 1. The zero-order valence-electron chi connectivity index (χ0n) is 28.4. The molecule has 3 fully saturated rings. The minimum absolute atomic E-state index is 0.000311. The van der Waals surface area contributed by atoms with Gasteiger partial charge in [-0.05, 0) is 112 Å². The number of hydrogen-bond donors (Lipinski definition) is 2. The number of pyridine rings is 1. The Kier molecular flexibility index (Phi) is 7.91. The summed E-state index contributed by atoms with van der Waals surface area (Å²) in [5, 5.41) is 0. The van der Waals surface area contributed by atoms with Gasteiger partial charge >= 0.3 is 5.69 Å². The van der Waals surface area contributed by atoms with Crippen molar-refractivity contribution in [3.63, 3.8) is 0 Å². The van der Waals surface area contributed by atoms with E-state index in [9.17, 15) is 14.4 Å². The van der Waals surface area contributed by atoms with Crippen molar-refractivity contribution in [3.8, 4) is 11.1 Å². The van der Waals surface area contributed by atoms with E-state index < -0.39 is 5.91 Å². The Bertz CT molecular complexity index is 2000. The number of nitrogens with two attached hydrogens (primary N) is 1. The van der Waals surface area contributed by atoms with E-state index >= 15 is 0 Å². The second-order valence-electron chi connectivity index (χ2n) is 14.0. The van der Waals surface area contributed by atoms with Gasteiger partial charge in [-0.15, -0.1) is 0 Å². The molecule has 2 atom stereocenters. The molecule has 4 aromatic rings. The van der Waals surface area contributed by atoms with Crippen LogP contribution in [-0.2, 0) is 18.2 Å². The third-order valence-corrected chi connectivity index (χ3v) is 11.1. The van der Waals surface area contributed by atoms with Gasteiger partial charge in [0.1, 0.15) is 0 Å². The van der Waals surface area contributed by atoms with Gasteiger partial charge in [-0.3, -0.25) is 18.7 Å². The molecule has 0 spiro atoms. The lowest BCUT2D eigenvalue weighted by atomic mass is 9.86. The first-order valence-electron chi connectivity index (χ1n) is 16.9. The Balaban J connectivity index is 1.46. The van der Waals surface area contributed by atoms with Crippen LogP contribution in [0.5, 0.6) is 0 Å². The highest BCUT2D eigenvalue weighted by molar-refractivity contribution is 5.99. The summed E-state index contributed by atoms with van der Waals surface area (Å²) in [5.41, 5.74) is 15.1. The van der Waals surface area contributed by atoms with E-state index in [1.54, 1.807) is 4.57 Å². The van der Waals surface area contributed by atoms with Crippen molar-refractivity contribution in [2.75, 3.05) is 44.8 Å². The van der Waals surface area contributed by atoms with Gasteiger partial charge in [0.25, 0.3) is 5.56 Å². The number of H-pyrrole nitrogens is 1. The molecule has 2 aromatic heterocycles.